The highest BCUT2D eigenvalue weighted by atomic mass is 32.2. The molecular weight excluding hydrogens is 352 g/mol. The maximum Gasteiger partial charge on any atom is 0.243 e. The Morgan fingerprint density at radius 3 is 2.42 bits per heavy atom. The fraction of sp³-hybridized carbons (Fsp3) is 0.421. The predicted molar refractivity (Wildman–Crippen MR) is 99.1 cm³/mol. The third-order valence-electron chi connectivity index (χ3n) is 4.59. The molecule has 0 saturated carbocycles. The normalized spacial score (nSPS) is 16.4. The van der Waals surface area contributed by atoms with Crippen molar-refractivity contribution in [1.29, 1.82) is 0 Å². The molecule has 1 fully saturated rings. The first-order valence-electron chi connectivity index (χ1n) is 8.64. The van der Waals surface area contributed by atoms with Gasteiger partial charge in [-0.3, -0.25) is 4.98 Å². The number of aromatic nitrogens is 1. The van der Waals surface area contributed by atoms with Crippen LogP contribution in [0.3, 0.4) is 0 Å². The number of piperidine rings is 1. The van der Waals surface area contributed by atoms with Crippen LogP contribution < -0.4 is 9.47 Å². The molecule has 0 unspecified atom stereocenters. The van der Waals surface area contributed by atoms with Crippen molar-refractivity contribution >= 4 is 10.0 Å². The van der Waals surface area contributed by atoms with Crippen LogP contribution in [0.15, 0.2) is 41.4 Å². The maximum atomic E-state index is 12.9. The van der Waals surface area contributed by atoms with E-state index >= 15 is 0 Å². The zero-order chi connectivity index (χ0) is 18.7. The van der Waals surface area contributed by atoms with Gasteiger partial charge in [0.2, 0.25) is 10.0 Å². The van der Waals surface area contributed by atoms with Gasteiger partial charge in [-0.2, -0.15) is 4.31 Å². The topological polar surface area (TPSA) is 68.7 Å². The van der Waals surface area contributed by atoms with E-state index in [1.165, 1.54) is 4.31 Å². The molecule has 0 spiro atoms. The van der Waals surface area contributed by atoms with Crippen LogP contribution in [0, 0.1) is 13.8 Å². The van der Waals surface area contributed by atoms with Crippen molar-refractivity contribution < 1.29 is 17.9 Å². The van der Waals surface area contributed by atoms with Gasteiger partial charge in [0.05, 0.1) is 18.2 Å². The van der Waals surface area contributed by atoms with Gasteiger partial charge in [-0.15, -0.1) is 0 Å². The number of rotatable bonds is 5. The molecule has 3 rings (SSSR count). The minimum absolute atomic E-state index is 0.00330. The van der Waals surface area contributed by atoms with E-state index in [1.807, 2.05) is 26.0 Å². The van der Waals surface area contributed by atoms with Gasteiger partial charge in [0.15, 0.2) is 0 Å². The van der Waals surface area contributed by atoms with Gasteiger partial charge in [0, 0.05) is 18.8 Å². The van der Waals surface area contributed by atoms with Crippen molar-refractivity contribution in [1.82, 2.24) is 9.29 Å². The van der Waals surface area contributed by atoms with Gasteiger partial charge < -0.3 is 9.47 Å². The smallest absolute Gasteiger partial charge is 0.243 e. The molecule has 1 aromatic carbocycles. The molecule has 6 nitrogen and oxygen atoms in total. The lowest BCUT2D eigenvalue weighted by Crippen LogP contribution is -2.41. The summed E-state index contributed by atoms with van der Waals surface area (Å²) in [5, 5.41) is 0. The Morgan fingerprint density at radius 1 is 1.12 bits per heavy atom. The summed E-state index contributed by atoms with van der Waals surface area (Å²) in [5.74, 6) is 1.41. The molecule has 1 aromatic heterocycles. The lowest BCUT2D eigenvalue weighted by molar-refractivity contribution is 0.134. The molecule has 0 N–H and O–H groups in total. The number of sulfonamides is 1. The third-order valence-corrected chi connectivity index (χ3v) is 6.49. The number of pyridine rings is 1. The number of hydrogen-bond acceptors (Lipinski definition) is 5. The summed E-state index contributed by atoms with van der Waals surface area (Å²) < 4.78 is 38.4. The Kier molecular flexibility index (Phi) is 5.48. The van der Waals surface area contributed by atoms with Crippen LogP contribution in [-0.2, 0) is 10.0 Å². The van der Waals surface area contributed by atoms with Gasteiger partial charge in [-0.1, -0.05) is 0 Å². The van der Waals surface area contributed by atoms with Crippen LogP contribution in [0.2, 0.25) is 0 Å². The lowest BCUT2D eigenvalue weighted by atomic mass is 10.1. The van der Waals surface area contributed by atoms with Gasteiger partial charge in [-0.25, -0.2) is 8.42 Å². The highest BCUT2D eigenvalue weighted by Gasteiger charge is 2.30. The monoisotopic (exact) mass is 376 g/mol. The summed E-state index contributed by atoms with van der Waals surface area (Å²) in [6, 6.07) is 8.76. The molecule has 0 aliphatic carbocycles. The molecule has 140 valence electrons. The highest BCUT2D eigenvalue weighted by Crippen LogP contribution is 2.26. The molecule has 26 heavy (non-hydrogen) atoms. The van der Waals surface area contributed by atoms with Crippen molar-refractivity contribution in [2.45, 2.75) is 37.7 Å². The first kappa shape index (κ1) is 18.7. The summed E-state index contributed by atoms with van der Waals surface area (Å²) >= 11 is 0. The van der Waals surface area contributed by atoms with Crippen LogP contribution in [0.1, 0.15) is 24.1 Å². The van der Waals surface area contributed by atoms with E-state index in [4.69, 9.17) is 9.47 Å². The number of ether oxygens (including phenoxy) is 2. The van der Waals surface area contributed by atoms with Crippen LogP contribution in [-0.4, -0.2) is 44.0 Å². The molecule has 0 atom stereocenters. The molecule has 1 aliphatic heterocycles. The van der Waals surface area contributed by atoms with E-state index in [2.05, 4.69) is 4.98 Å². The minimum atomic E-state index is -3.50. The van der Waals surface area contributed by atoms with Gasteiger partial charge in [0.1, 0.15) is 17.6 Å². The summed E-state index contributed by atoms with van der Waals surface area (Å²) in [6.45, 7) is 4.65. The number of methoxy groups -OCH3 is 1. The molecular formula is C19H24N2O4S. The number of benzene rings is 1. The maximum absolute atomic E-state index is 12.9. The second kappa shape index (κ2) is 7.63. The molecule has 0 bridgehead atoms. The quantitative estimate of drug-likeness (QED) is 0.802. The molecule has 0 amide bonds. The molecule has 2 aromatic rings. The Hall–Kier alpha value is -2.12. The van der Waals surface area contributed by atoms with E-state index in [-0.39, 0.29) is 6.10 Å². The SMILES string of the molecule is COc1ccc(S(=O)(=O)N2CCC(Oc3ccc(C)nc3)CC2)cc1C. The first-order chi connectivity index (χ1) is 12.4. The molecule has 7 heteroatoms. The number of aryl methyl sites for hydroxylation is 2. The minimum Gasteiger partial charge on any atom is -0.496 e. The zero-order valence-electron chi connectivity index (χ0n) is 15.3. The Bertz CT molecular complexity index is 858. The molecule has 1 saturated heterocycles. The Labute approximate surface area is 154 Å². The second-order valence-corrected chi connectivity index (χ2v) is 8.43. The van der Waals surface area contributed by atoms with Crippen molar-refractivity contribution in [2.75, 3.05) is 20.2 Å². The van der Waals surface area contributed by atoms with Crippen molar-refractivity contribution in [3.63, 3.8) is 0 Å². The molecule has 2 heterocycles. The number of nitrogens with zero attached hydrogens (tertiary/aromatic N) is 2. The number of hydrogen-bond donors (Lipinski definition) is 0. The standard InChI is InChI=1S/C19H24N2O4S/c1-14-12-18(6-7-19(14)24-3)26(22,23)21-10-8-16(9-11-21)25-17-5-4-15(2)20-13-17/h4-7,12-13,16H,8-11H2,1-3H3. The zero-order valence-corrected chi connectivity index (χ0v) is 16.1. The second-order valence-electron chi connectivity index (χ2n) is 6.49. The van der Waals surface area contributed by atoms with Crippen molar-refractivity contribution in [2.24, 2.45) is 0 Å². The summed E-state index contributed by atoms with van der Waals surface area (Å²) in [6.07, 6.45) is 3.02. The predicted octanol–water partition coefficient (Wildman–Crippen LogP) is 2.94. The Balaban J connectivity index is 1.65. The Morgan fingerprint density at radius 2 is 1.85 bits per heavy atom. The first-order valence-corrected chi connectivity index (χ1v) is 10.1. The van der Waals surface area contributed by atoms with Crippen molar-refractivity contribution in [3.05, 3.63) is 47.8 Å². The van der Waals surface area contributed by atoms with Crippen molar-refractivity contribution in [3.8, 4) is 11.5 Å². The highest BCUT2D eigenvalue weighted by molar-refractivity contribution is 7.89. The fourth-order valence-corrected chi connectivity index (χ4v) is 4.62. The molecule has 0 radical (unpaired) electrons. The summed E-state index contributed by atoms with van der Waals surface area (Å²) in [4.78, 5) is 4.52. The average Bonchev–Trinajstić information content (AvgIpc) is 2.64. The van der Waals surface area contributed by atoms with Gasteiger partial charge >= 0.3 is 0 Å². The van der Waals surface area contributed by atoms with E-state index in [0.717, 1.165) is 17.0 Å². The van der Waals surface area contributed by atoms with Gasteiger partial charge in [0.25, 0.3) is 0 Å². The van der Waals surface area contributed by atoms with Crippen LogP contribution >= 0.6 is 0 Å². The van der Waals surface area contributed by atoms with Crippen LogP contribution in [0.25, 0.3) is 0 Å². The van der Waals surface area contributed by atoms with E-state index in [9.17, 15) is 8.42 Å². The third kappa shape index (κ3) is 3.99. The van der Waals surface area contributed by atoms with E-state index in [1.54, 1.807) is 31.5 Å². The summed E-state index contributed by atoms with van der Waals surface area (Å²) in [5.41, 5.74) is 1.74. The van der Waals surface area contributed by atoms with Crippen LogP contribution in [0.4, 0.5) is 0 Å². The van der Waals surface area contributed by atoms with Crippen LogP contribution in [0.5, 0.6) is 11.5 Å². The average molecular weight is 376 g/mol. The van der Waals surface area contributed by atoms with Gasteiger partial charge in [-0.05, 0) is 62.6 Å². The summed E-state index contributed by atoms with van der Waals surface area (Å²) in [7, 11) is -1.93. The van der Waals surface area contributed by atoms with E-state index < -0.39 is 10.0 Å². The fourth-order valence-electron chi connectivity index (χ4n) is 3.07. The van der Waals surface area contributed by atoms with E-state index in [0.29, 0.717) is 36.6 Å². The molecule has 1 aliphatic rings. The largest absolute Gasteiger partial charge is 0.496 e. The lowest BCUT2D eigenvalue weighted by Gasteiger charge is -2.31.